The number of aliphatic imine (C=N–C) groups is 1. The van der Waals surface area contributed by atoms with Gasteiger partial charge in [-0.05, 0) is 19.8 Å². The van der Waals surface area contributed by atoms with Gasteiger partial charge in [0, 0.05) is 25.9 Å². The van der Waals surface area contributed by atoms with Gasteiger partial charge in [0.05, 0.1) is 20.3 Å². The van der Waals surface area contributed by atoms with Crippen molar-refractivity contribution >= 4 is 17.9 Å². The van der Waals surface area contributed by atoms with Gasteiger partial charge < -0.3 is 24.8 Å². The molecule has 0 aromatic heterocycles. The quantitative estimate of drug-likeness (QED) is 0.419. The van der Waals surface area contributed by atoms with E-state index in [0.717, 1.165) is 31.4 Å². The molecule has 0 fully saturated rings. The monoisotopic (exact) mass is 331 g/mol. The summed E-state index contributed by atoms with van der Waals surface area (Å²) in [4.78, 5) is 26.4. The number of ether oxygens (including phenoxy) is 3. The Morgan fingerprint density at radius 2 is 1.57 bits per heavy atom. The normalized spacial score (nSPS) is 11.0. The summed E-state index contributed by atoms with van der Waals surface area (Å²) in [6.07, 6.45) is 2.89. The second-order valence-corrected chi connectivity index (χ2v) is 4.95. The van der Waals surface area contributed by atoms with Crippen LogP contribution in [0.3, 0.4) is 0 Å². The number of nitrogens with zero attached hydrogens (tertiary/aromatic N) is 1. The molecule has 0 aliphatic carbocycles. The van der Waals surface area contributed by atoms with Gasteiger partial charge in [-0.15, -0.1) is 0 Å². The molecule has 0 radical (unpaired) electrons. The Balaban J connectivity index is 3.37. The molecule has 0 spiro atoms. The summed E-state index contributed by atoms with van der Waals surface area (Å²) in [5, 5.41) is 5.31. The van der Waals surface area contributed by atoms with Gasteiger partial charge in [-0.1, -0.05) is 12.8 Å². The maximum atomic E-state index is 11.4. The molecule has 0 aliphatic heterocycles. The maximum absolute atomic E-state index is 11.4. The topological polar surface area (TPSA) is 98.3 Å². The number of rotatable bonds is 12. The van der Waals surface area contributed by atoms with Crippen molar-refractivity contribution in [1.82, 2.24) is 10.6 Å². The average molecular weight is 331 g/mol. The maximum Gasteiger partial charge on any atom is 0.407 e. The highest BCUT2D eigenvalue weighted by Gasteiger charge is 2.01. The number of amides is 2. The van der Waals surface area contributed by atoms with Crippen molar-refractivity contribution in [2.45, 2.75) is 32.6 Å². The summed E-state index contributed by atoms with van der Waals surface area (Å²) < 4.78 is 14.4. The standard InChI is InChI=1S/C15H29N3O5/c1-13(12-21-2)16-10-11-23-15(20)18-9-7-5-4-6-8-17-14(19)22-3/h4-12H2,1-3H3,(H,17,19)(H,18,20)/b16-13+. The predicted molar refractivity (Wildman–Crippen MR) is 88.1 cm³/mol. The number of carbonyl (C=O) groups excluding carboxylic acids is 2. The van der Waals surface area contributed by atoms with E-state index in [9.17, 15) is 9.59 Å². The Bertz CT molecular complexity index is 361. The van der Waals surface area contributed by atoms with E-state index in [1.54, 1.807) is 7.11 Å². The molecular weight excluding hydrogens is 302 g/mol. The Labute approximate surface area is 138 Å². The van der Waals surface area contributed by atoms with Gasteiger partial charge in [-0.3, -0.25) is 4.99 Å². The molecule has 0 atom stereocenters. The van der Waals surface area contributed by atoms with Gasteiger partial charge in [0.1, 0.15) is 6.61 Å². The zero-order valence-electron chi connectivity index (χ0n) is 14.4. The summed E-state index contributed by atoms with van der Waals surface area (Å²) >= 11 is 0. The Hall–Kier alpha value is -1.83. The minimum Gasteiger partial charge on any atom is -0.453 e. The summed E-state index contributed by atoms with van der Waals surface area (Å²) in [7, 11) is 2.95. The highest BCUT2D eigenvalue weighted by Crippen LogP contribution is 1.98. The molecule has 8 heteroatoms. The Morgan fingerprint density at radius 3 is 2.13 bits per heavy atom. The lowest BCUT2D eigenvalue weighted by molar-refractivity contribution is 0.149. The summed E-state index contributed by atoms with van der Waals surface area (Å²) in [6.45, 7) is 4.23. The van der Waals surface area contributed by atoms with Crippen molar-refractivity contribution in [3.8, 4) is 0 Å². The van der Waals surface area contributed by atoms with Crippen LogP contribution in [-0.2, 0) is 14.2 Å². The molecule has 2 N–H and O–H groups in total. The first-order valence-electron chi connectivity index (χ1n) is 7.81. The van der Waals surface area contributed by atoms with Crippen LogP contribution in [0.2, 0.25) is 0 Å². The van der Waals surface area contributed by atoms with Crippen LogP contribution in [0.4, 0.5) is 9.59 Å². The second kappa shape index (κ2) is 15.1. The van der Waals surface area contributed by atoms with Gasteiger partial charge in [-0.2, -0.15) is 0 Å². The first kappa shape index (κ1) is 21.2. The Morgan fingerprint density at radius 1 is 0.957 bits per heavy atom. The molecule has 0 heterocycles. The lowest BCUT2D eigenvalue weighted by atomic mass is 10.2. The van der Waals surface area contributed by atoms with Crippen molar-refractivity contribution in [3.05, 3.63) is 0 Å². The van der Waals surface area contributed by atoms with E-state index in [0.29, 0.717) is 26.2 Å². The number of hydrogen-bond acceptors (Lipinski definition) is 6. The number of alkyl carbamates (subject to hydrolysis) is 2. The first-order valence-corrected chi connectivity index (χ1v) is 7.81. The zero-order chi connectivity index (χ0) is 17.3. The third-order valence-corrected chi connectivity index (χ3v) is 2.89. The number of hydrogen-bond donors (Lipinski definition) is 2. The van der Waals surface area contributed by atoms with Crippen LogP contribution >= 0.6 is 0 Å². The number of unbranched alkanes of at least 4 members (excludes halogenated alkanes) is 3. The van der Waals surface area contributed by atoms with E-state index in [1.165, 1.54) is 7.11 Å². The molecule has 0 bridgehead atoms. The lowest BCUT2D eigenvalue weighted by Gasteiger charge is -2.06. The summed E-state index contributed by atoms with van der Waals surface area (Å²) in [5.41, 5.74) is 0.873. The van der Waals surface area contributed by atoms with Crippen LogP contribution in [0, 0.1) is 0 Å². The van der Waals surface area contributed by atoms with Crippen LogP contribution in [0.25, 0.3) is 0 Å². The first-order chi connectivity index (χ1) is 11.1. The van der Waals surface area contributed by atoms with Gasteiger partial charge in [0.15, 0.2) is 0 Å². The highest BCUT2D eigenvalue weighted by atomic mass is 16.5. The van der Waals surface area contributed by atoms with E-state index in [4.69, 9.17) is 9.47 Å². The van der Waals surface area contributed by atoms with Gasteiger partial charge in [-0.25, -0.2) is 9.59 Å². The lowest BCUT2D eigenvalue weighted by Crippen LogP contribution is -2.26. The second-order valence-electron chi connectivity index (χ2n) is 4.95. The van der Waals surface area contributed by atoms with Gasteiger partial charge >= 0.3 is 12.2 Å². The molecule has 134 valence electrons. The molecule has 0 saturated heterocycles. The van der Waals surface area contributed by atoms with Crippen LogP contribution in [0.15, 0.2) is 4.99 Å². The molecule has 0 aromatic carbocycles. The van der Waals surface area contributed by atoms with Crippen molar-refractivity contribution in [3.63, 3.8) is 0 Å². The van der Waals surface area contributed by atoms with Crippen LogP contribution in [0.5, 0.6) is 0 Å². The predicted octanol–water partition coefficient (Wildman–Crippen LogP) is 1.74. The molecule has 0 aliphatic rings. The Kier molecular flexibility index (Phi) is 13.9. The van der Waals surface area contributed by atoms with Crippen molar-refractivity contribution in [2.75, 3.05) is 47.1 Å². The molecule has 0 aromatic rings. The molecule has 0 unspecified atom stereocenters. The molecule has 8 nitrogen and oxygen atoms in total. The molecule has 23 heavy (non-hydrogen) atoms. The average Bonchev–Trinajstić information content (AvgIpc) is 2.54. The SMILES string of the molecule is COC/C(C)=N/CCOC(=O)NCCCCCCNC(=O)OC. The fourth-order valence-corrected chi connectivity index (χ4v) is 1.74. The number of methoxy groups -OCH3 is 2. The molecule has 0 saturated carbocycles. The van der Waals surface area contributed by atoms with E-state index in [-0.39, 0.29) is 6.61 Å². The van der Waals surface area contributed by atoms with Crippen molar-refractivity contribution < 1.29 is 23.8 Å². The smallest absolute Gasteiger partial charge is 0.407 e. The summed E-state index contributed by atoms with van der Waals surface area (Å²) in [6, 6.07) is 0. The molecule has 0 rings (SSSR count). The van der Waals surface area contributed by atoms with E-state index < -0.39 is 12.2 Å². The van der Waals surface area contributed by atoms with Crippen molar-refractivity contribution in [2.24, 2.45) is 4.99 Å². The van der Waals surface area contributed by atoms with Gasteiger partial charge in [0.2, 0.25) is 0 Å². The minimum absolute atomic E-state index is 0.256. The van der Waals surface area contributed by atoms with E-state index in [1.807, 2.05) is 6.92 Å². The third-order valence-electron chi connectivity index (χ3n) is 2.89. The summed E-state index contributed by atoms with van der Waals surface area (Å²) in [5.74, 6) is 0. The minimum atomic E-state index is -0.419. The van der Waals surface area contributed by atoms with Crippen LogP contribution < -0.4 is 10.6 Å². The third kappa shape index (κ3) is 14.9. The van der Waals surface area contributed by atoms with Crippen LogP contribution in [-0.4, -0.2) is 65.0 Å². The number of carbonyl (C=O) groups is 2. The van der Waals surface area contributed by atoms with Crippen molar-refractivity contribution in [1.29, 1.82) is 0 Å². The fraction of sp³-hybridized carbons (Fsp3) is 0.800. The van der Waals surface area contributed by atoms with E-state index in [2.05, 4.69) is 20.4 Å². The number of nitrogens with one attached hydrogen (secondary N) is 2. The molecular formula is C15H29N3O5. The van der Waals surface area contributed by atoms with E-state index >= 15 is 0 Å². The zero-order valence-corrected chi connectivity index (χ0v) is 14.4. The fourth-order valence-electron chi connectivity index (χ4n) is 1.74. The van der Waals surface area contributed by atoms with Gasteiger partial charge in [0.25, 0.3) is 0 Å². The molecule has 2 amide bonds. The van der Waals surface area contributed by atoms with Crippen LogP contribution in [0.1, 0.15) is 32.6 Å². The highest BCUT2D eigenvalue weighted by molar-refractivity contribution is 5.83. The largest absolute Gasteiger partial charge is 0.453 e.